The first-order chi connectivity index (χ1) is 14.2. The van der Waals surface area contributed by atoms with Crippen LogP contribution in [0.4, 0.5) is 23.2 Å². The molecule has 10 heteroatoms. The first-order valence-corrected chi connectivity index (χ1v) is 9.41. The maximum absolute atomic E-state index is 12.9. The monoisotopic (exact) mass is 438 g/mol. The Kier molecular flexibility index (Phi) is 6.46. The number of benzene rings is 2. The smallest absolute Gasteiger partial charge is 0.508 e. The molecule has 0 bridgehead atoms. The van der Waals surface area contributed by atoms with Crippen LogP contribution in [0, 0.1) is 5.82 Å². The van der Waals surface area contributed by atoms with Crippen LogP contribution in [0.15, 0.2) is 65.8 Å². The molecule has 0 aliphatic heterocycles. The van der Waals surface area contributed by atoms with Gasteiger partial charge in [-0.25, -0.2) is 9.37 Å². The number of thioether (sulfide) groups is 1. The minimum atomic E-state index is -4.83. The lowest BCUT2D eigenvalue weighted by Crippen LogP contribution is -2.17. The molecule has 3 rings (SSSR count). The van der Waals surface area contributed by atoms with Crippen molar-refractivity contribution >= 4 is 23.4 Å². The van der Waals surface area contributed by atoms with E-state index in [1.54, 1.807) is 6.07 Å². The van der Waals surface area contributed by atoms with E-state index in [1.165, 1.54) is 36.5 Å². The van der Waals surface area contributed by atoms with E-state index in [9.17, 15) is 27.5 Å². The second-order valence-electron chi connectivity index (χ2n) is 5.97. The molecule has 30 heavy (non-hydrogen) atoms. The highest BCUT2D eigenvalue weighted by atomic mass is 32.2. The van der Waals surface area contributed by atoms with Crippen LogP contribution in [0.5, 0.6) is 11.5 Å². The number of pyridine rings is 1. The van der Waals surface area contributed by atoms with Crippen molar-refractivity contribution in [2.24, 2.45) is 0 Å². The molecular formula is C20H14F4N2O3S. The summed E-state index contributed by atoms with van der Waals surface area (Å²) >= 11 is 1.16. The van der Waals surface area contributed by atoms with Crippen molar-refractivity contribution in [3.63, 3.8) is 0 Å². The van der Waals surface area contributed by atoms with Gasteiger partial charge in [0.1, 0.15) is 17.3 Å². The number of rotatable bonds is 6. The number of phenolic OH excluding ortho intramolecular Hbond substituents is 1. The van der Waals surface area contributed by atoms with Crippen molar-refractivity contribution in [1.82, 2.24) is 4.98 Å². The van der Waals surface area contributed by atoms with Gasteiger partial charge in [0.25, 0.3) is 5.91 Å². The zero-order valence-electron chi connectivity index (χ0n) is 15.1. The van der Waals surface area contributed by atoms with Gasteiger partial charge < -0.3 is 15.2 Å². The normalized spacial score (nSPS) is 11.2. The number of amides is 1. The summed E-state index contributed by atoms with van der Waals surface area (Å²) in [7, 11) is 0. The maximum atomic E-state index is 12.9. The van der Waals surface area contributed by atoms with E-state index in [0.717, 1.165) is 30.0 Å². The molecule has 2 N–H and O–H groups in total. The van der Waals surface area contributed by atoms with Gasteiger partial charge in [0.05, 0.1) is 10.6 Å². The van der Waals surface area contributed by atoms with Crippen molar-refractivity contribution in [2.75, 3.05) is 5.32 Å². The van der Waals surface area contributed by atoms with Gasteiger partial charge in [0.2, 0.25) is 0 Å². The Morgan fingerprint density at radius 3 is 2.47 bits per heavy atom. The van der Waals surface area contributed by atoms with Gasteiger partial charge >= 0.3 is 6.36 Å². The molecule has 0 unspecified atom stereocenters. The summed E-state index contributed by atoms with van der Waals surface area (Å²) in [6, 6.07) is 11.6. The second-order valence-corrected chi connectivity index (χ2v) is 6.97. The molecule has 0 atom stereocenters. The van der Waals surface area contributed by atoms with E-state index in [-0.39, 0.29) is 22.6 Å². The number of hydrogen-bond donors (Lipinski definition) is 2. The van der Waals surface area contributed by atoms with E-state index >= 15 is 0 Å². The van der Waals surface area contributed by atoms with Crippen molar-refractivity contribution < 1.29 is 32.2 Å². The summed E-state index contributed by atoms with van der Waals surface area (Å²) < 4.78 is 53.8. The number of aromatic nitrogens is 1. The number of hydrogen-bond acceptors (Lipinski definition) is 5. The van der Waals surface area contributed by atoms with Crippen molar-refractivity contribution in [3.8, 4) is 11.5 Å². The summed E-state index contributed by atoms with van der Waals surface area (Å²) in [5.41, 5.74) is 0.935. The Morgan fingerprint density at radius 1 is 1.10 bits per heavy atom. The minimum absolute atomic E-state index is 0.134. The fourth-order valence-corrected chi connectivity index (χ4v) is 3.19. The molecular weight excluding hydrogens is 424 g/mol. The van der Waals surface area contributed by atoms with Crippen LogP contribution in [-0.4, -0.2) is 22.4 Å². The molecule has 3 aromatic rings. The van der Waals surface area contributed by atoms with Gasteiger partial charge in [-0.15, -0.1) is 24.9 Å². The number of carbonyl (C=O) groups excluding carboxylic acids is 1. The lowest BCUT2D eigenvalue weighted by atomic mass is 10.2. The molecule has 156 valence electrons. The summed E-state index contributed by atoms with van der Waals surface area (Å²) in [6.45, 7) is 0. The van der Waals surface area contributed by atoms with Gasteiger partial charge in [-0.1, -0.05) is 0 Å². The topological polar surface area (TPSA) is 71.5 Å². The second kappa shape index (κ2) is 9.04. The average Bonchev–Trinajstić information content (AvgIpc) is 2.69. The van der Waals surface area contributed by atoms with Crippen molar-refractivity contribution in [3.05, 3.63) is 77.7 Å². The zero-order valence-corrected chi connectivity index (χ0v) is 15.9. The van der Waals surface area contributed by atoms with Crippen LogP contribution in [0.1, 0.15) is 15.9 Å². The Balaban J connectivity index is 1.61. The molecule has 0 saturated heterocycles. The van der Waals surface area contributed by atoms with Gasteiger partial charge in [-0.05, 0) is 54.6 Å². The fraction of sp³-hybridized carbons (Fsp3) is 0.100. The molecule has 0 aliphatic carbocycles. The number of nitrogens with zero attached hydrogens (tertiary/aromatic N) is 1. The van der Waals surface area contributed by atoms with Crippen LogP contribution in [-0.2, 0) is 5.75 Å². The standard InChI is InChI=1S/C20H14F4N2O3S/c21-14-2-4-15(5-3-14)26-19(28)12-1-8-18(25-10-12)30-11-13-9-16(6-7-17(13)27)29-20(22,23)24/h1-10,27H,11H2,(H,26,28). The molecule has 2 aromatic carbocycles. The number of ether oxygens (including phenoxy) is 1. The third-order valence-corrected chi connectivity index (χ3v) is 4.75. The van der Waals surface area contributed by atoms with Crippen LogP contribution in [0.25, 0.3) is 0 Å². The largest absolute Gasteiger partial charge is 0.573 e. The molecule has 0 saturated carbocycles. The molecule has 1 amide bonds. The predicted molar refractivity (Wildman–Crippen MR) is 103 cm³/mol. The van der Waals surface area contributed by atoms with Gasteiger partial charge in [-0.2, -0.15) is 0 Å². The Morgan fingerprint density at radius 2 is 1.83 bits per heavy atom. The van der Waals surface area contributed by atoms with E-state index in [0.29, 0.717) is 10.7 Å². The number of carbonyl (C=O) groups is 1. The molecule has 1 aromatic heterocycles. The molecule has 5 nitrogen and oxygen atoms in total. The van der Waals surface area contributed by atoms with Crippen LogP contribution < -0.4 is 10.1 Å². The summed E-state index contributed by atoms with van der Waals surface area (Å²) in [6.07, 6.45) is -3.49. The Hall–Kier alpha value is -3.27. The lowest BCUT2D eigenvalue weighted by molar-refractivity contribution is -0.274. The maximum Gasteiger partial charge on any atom is 0.573 e. The highest BCUT2D eigenvalue weighted by Gasteiger charge is 2.31. The number of nitrogens with one attached hydrogen (secondary N) is 1. The third-order valence-electron chi connectivity index (χ3n) is 3.76. The van der Waals surface area contributed by atoms with Crippen LogP contribution in [0.2, 0.25) is 0 Å². The Bertz CT molecular complexity index is 1030. The average molecular weight is 438 g/mol. The van der Waals surface area contributed by atoms with E-state index in [2.05, 4.69) is 15.0 Å². The highest BCUT2D eigenvalue weighted by Crippen LogP contribution is 2.31. The van der Waals surface area contributed by atoms with Crippen LogP contribution in [0.3, 0.4) is 0 Å². The fourth-order valence-electron chi connectivity index (χ4n) is 2.36. The third kappa shape index (κ3) is 6.11. The summed E-state index contributed by atoms with van der Waals surface area (Å²) in [5.74, 6) is -1.32. The zero-order chi connectivity index (χ0) is 21.7. The van der Waals surface area contributed by atoms with E-state index in [4.69, 9.17) is 0 Å². The number of aromatic hydroxyl groups is 1. The Labute approximate surface area is 172 Å². The number of phenols is 1. The first kappa shape index (κ1) is 21.4. The molecule has 1 heterocycles. The number of alkyl halides is 3. The summed E-state index contributed by atoms with van der Waals surface area (Å²) in [4.78, 5) is 16.3. The van der Waals surface area contributed by atoms with Crippen molar-refractivity contribution in [1.29, 1.82) is 0 Å². The highest BCUT2D eigenvalue weighted by molar-refractivity contribution is 7.98. The van der Waals surface area contributed by atoms with Gasteiger partial charge in [0.15, 0.2) is 0 Å². The van der Waals surface area contributed by atoms with Crippen LogP contribution >= 0.6 is 11.8 Å². The minimum Gasteiger partial charge on any atom is -0.508 e. The quantitative estimate of drug-likeness (QED) is 0.400. The van der Waals surface area contributed by atoms with E-state index < -0.39 is 23.8 Å². The SMILES string of the molecule is O=C(Nc1ccc(F)cc1)c1ccc(SCc2cc(OC(F)(F)F)ccc2O)nc1. The molecule has 0 fully saturated rings. The van der Waals surface area contributed by atoms with Crippen molar-refractivity contribution in [2.45, 2.75) is 17.1 Å². The molecule has 0 aliphatic rings. The summed E-state index contributed by atoms with van der Waals surface area (Å²) in [5, 5.41) is 12.9. The predicted octanol–water partition coefficient (Wildman–Crippen LogP) is 5.37. The van der Waals surface area contributed by atoms with E-state index in [1.807, 2.05) is 0 Å². The molecule has 0 spiro atoms. The number of anilines is 1. The first-order valence-electron chi connectivity index (χ1n) is 8.43. The number of halogens is 4. The molecule has 0 radical (unpaired) electrons. The lowest BCUT2D eigenvalue weighted by Gasteiger charge is -2.11. The van der Waals surface area contributed by atoms with Gasteiger partial charge in [-0.3, -0.25) is 4.79 Å². The van der Waals surface area contributed by atoms with Gasteiger partial charge in [0, 0.05) is 23.2 Å².